The van der Waals surface area contributed by atoms with E-state index in [2.05, 4.69) is 20.9 Å². The van der Waals surface area contributed by atoms with Gasteiger partial charge in [-0.25, -0.2) is 8.42 Å². The highest BCUT2D eigenvalue weighted by molar-refractivity contribution is 7.93. The first-order valence-electron chi connectivity index (χ1n) is 15.2. The molecule has 46 heavy (non-hydrogen) atoms. The summed E-state index contributed by atoms with van der Waals surface area (Å²) in [6.45, 7) is 4.91. The van der Waals surface area contributed by atoms with Crippen LogP contribution in [0.2, 0.25) is 0 Å². The van der Waals surface area contributed by atoms with E-state index in [0.717, 1.165) is 26.9 Å². The molecular weight excluding hydrogens is 600 g/mol. The normalized spacial score (nSPS) is 18.3. The van der Waals surface area contributed by atoms with E-state index >= 15 is 0 Å². The van der Waals surface area contributed by atoms with Crippen LogP contribution in [0.1, 0.15) is 23.6 Å². The van der Waals surface area contributed by atoms with Gasteiger partial charge < -0.3 is 14.8 Å². The lowest BCUT2D eigenvalue weighted by Crippen LogP contribution is -2.58. The highest BCUT2D eigenvalue weighted by Crippen LogP contribution is 2.52. The third-order valence-corrected chi connectivity index (χ3v) is 10.8. The van der Waals surface area contributed by atoms with E-state index in [1.807, 2.05) is 49.4 Å². The Morgan fingerprint density at radius 2 is 1.72 bits per heavy atom. The van der Waals surface area contributed by atoms with Gasteiger partial charge in [-0.1, -0.05) is 36.4 Å². The lowest BCUT2D eigenvalue weighted by atomic mass is 9.81. The molecule has 0 bridgehead atoms. The van der Waals surface area contributed by atoms with E-state index in [0.29, 0.717) is 55.3 Å². The molecule has 4 heterocycles. The van der Waals surface area contributed by atoms with Crippen molar-refractivity contribution in [3.8, 4) is 11.8 Å². The van der Waals surface area contributed by atoms with Crippen LogP contribution in [0.15, 0.2) is 108 Å². The first-order chi connectivity index (χ1) is 22.4. The van der Waals surface area contributed by atoms with Crippen LogP contribution < -0.4 is 18.7 Å². The molecule has 1 atom stereocenters. The molecule has 0 N–H and O–H groups in total. The Kier molecular flexibility index (Phi) is 7.47. The zero-order valence-corrected chi connectivity index (χ0v) is 26.1. The van der Waals surface area contributed by atoms with Crippen LogP contribution in [-0.2, 0) is 15.6 Å². The molecule has 3 aromatic carbocycles. The second-order valence-electron chi connectivity index (χ2n) is 11.4. The first kappa shape index (κ1) is 29.5. The molecule has 0 radical (unpaired) electrons. The molecule has 1 unspecified atom stereocenters. The number of anilines is 2. The van der Waals surface area contributed by atoms with E-state index < -0.39 is 15.6 Å². The Bertz CT molecular complexity index is 2070. The number of sulfonamides is 1. The van der Waals surface area contributed by atoms with Gasteiger partial charge in [-0.15, -0.1) is 0 Å². The zero-order chi connectivity index (χ0) is 31.9. The SMILES string of the molecule is CCOc1ccccc1C1(N2CCN(c3cc[n+]([O-])cc3)CC2)CN(S(=O)(=O)c2cccc3cccnc23)c2ccc(C#N)cc21. The number of fused-ring (bicyclic) bond motifs is 2. The van der Waals surface area contributed by atoms with Crippen LogP contribution in [0.3, 0.4) is 0 Å². The molecule has 0 saturated carbocycles. The van der Waals surface area contributed by atoms with Crippen molar-refractivity contribution < 1.29 is 17.9 Å². The highest BCUT2D eigenvalue weighted by Gasteiger charge is 2.53. The predicted octanol–water partition coefficient (Wildman–Crippen LogP) is 4.41. The molecule has 1 fully saturated rings. The Morgan fingerprint density at radius 3 is 2.48 bits per heavy atom. The number of nitriles is 1. The monoisotopic (exact) mass is 632 g/mol. The van der Waals surface area contributed by atoms with Crippen LogP contribution in [0.4, 0.5) is 11.4 Å². The van der Waals surface area contributed by atoms with Crippen molar-refractivity contribution in [3.63, 3.8) is 0 Å². The van der Waals surface area contributed by atoms with Crippen molar-refractivity contribution in [2.24, 2.45) is 0 Å². The number of rotatable bonds is 7. The molecular formula is C35H32N6O4S. The number of hydrogen-bond acceptors (Lipinski definition) is 8. The topological polar surface area (TPSA) is 117 Å². The highest BCUT2D eigenvalue weighted by atomic mass is 32.2. The summed E-state index contributed by atoms with van der Waals surface area (Å²) in [6, 6.07) is 27.7. The Morgan fingerprint density at radius 1 is 0.957 bits per heavy atom. The molecule has 11 heteroatoms. The summed E-state index contributed by atoms with van der Waals surface area (Å²) in [4.78, 5) is 9.12. The van der Waals surface area contributed by atoms with Gasteiger partial charge in [0.1, 0.15) is 10.6 Å². The maximum Gasteiger partial charge on any atom is 0.266 e. The van der Waals surface area contributed by atoms with E-state index in [-0.39, 0.29) is 11.4 Å². The van der Waals surface area contributed by atoms with Gasteiger partial charge in [0, 0.05) is 66.7 Å². The van der Waals surface area contributed by atoms with Gasteiger partial charge >= 0.3 is 0 Å². The minimum Gasteiger partial charge on any atom is -0.619 e. The number of nitrogens with zero attached hydrogens (tertiary/aromatic N) is 6. The molecule has 0 amide bonds. The van der Waals surface area contributed by atoms with Crippen molar-refractivity contribution >= 4 is 32.3 Å². The molecule has 232 valence electrons. The van der Waals surface area contributed by atoms with Crippen LogP contribution in [0.5, 0.6) is 5.75 Å². The van der Waals surface area contributed by atoms with Gasteiger partial charge in [0.25, 0.3) is 10.0 Å². The second-order valence-corrected chi connectivity index (χ2v) is 13.2. The van der Waals surface area contributed by atoms with Gasteiger partial charge in [-0.05, 0) is 43.3 Å². The van der Waals surface area contributed by atoms with Gasteiger partial charge in [0.15, 0.2) is 12.4 Å². The van der Waals surface area contributed by atoms with E-state index in [4.69, 9.17) is 4.74 Å². The van der Waals surface area contributed by atoms with Crippen LogP contribution in [0.25, 0.3) is 10.9 Å². The minimum absolute atomic E-state index is 0.0778. The molecule has 2 aliphatic rings. The van der Waals surface area contributed by atoms with Gasteiger partial charge in [-0.3, -0.25) is 14.2 Å². The summed E-state index contributed by atoms with van der Waals surface area (Å²) in [5, 5.41) is 22.4. The van der Waals surface area contributed by atoms with Gasteiger partial charge in [0.2, 0.25) is 0 Å². The van der Waals surface area contributed by atoms with Gasteiger partial charge in [-0.2, -0.15) is 9.99 Å². The summed E-state index contributed by atoms with van der Waals surface area (Å²) in [5.74, 6) is 0.662. The summed E-state index contributed by atoms with van der Waals surface area (Å²) >= 11 is 0. The first-order valence-corrected chi connectivity index (χ1v) is 16.6. The fraction of sp³-hybridized carbons (Fsp3) is 0.229. The van der Waals surface area contributed by atoms with Crippen LogP contribution in [-0.4, -0.2) is 57.6 Å². The molecule has 0 spiro atoms. The number of pyridine rings is 2. The van der Waals surface area contributed by atoms with E-state index in [1.165, 1.54) is 16.7 Å². The largest absolute Gasteiger partial charge is 0.619 e. The fourth-order valence-corrected chi connectivity index (χ4v) is 8.55. The summed E-state index contributed by atoms with van der Waals surface area (Å²) < 4.78 is 38.0. The molecule has 7 rings (SSSR count). The molecule has 5 aromatic rings. The second kappa shape index (κ2) is 11.6. The van der Waals surface area contributed by atoms with Crippen LogP contribution >= 0.6 is 0 Å². The van der Waals surface area contributed by atoms with Crippen molar-refractivity contribution in [2.75, 3.05) is 48.5 Å². The molecule has 2 aromatic heterocycles. The quantitative estimate of drug-likeness (QED) is 0.191. The average molecular weight is 633 g/mol. The zero-order valence-electron chi connectivity index (χ0n) is 25.3. The van der Waals surface area contributed by atoms with Crippen molar-refractivity contribution in [1.29, 1.82) is 5.26 Å². The lowest BCUT2D eigenvalue weighted by molar-refractivity contribution is -0.605. The summed E-state index contributed by atoms with van der Waals surface area (Å²) in [7, 11) is -4.12. The third-order valence-electron chi connectivity index (χ3n) is 8.98. The standard InChI is InChI=1S/C35H32N6O4S/c1-2-45-32-10-4-3-9-29(32)35(39-21-19-38(20-22-39)28-14-17-40(42)18-15-28)25-41(31-13-12-26(24-36)23-30(31)35)46(43,44)33-11-5-7-27-8-6-16-37-34(27)33/h3-18,23H,2,19-22,25H2,1H3. The Labute approximate surface area is 268 Å². The Balaban J connectivity index is 1.40. The molecule has 2 aliphatic heterocycles. The molecule has 1 saturated heterocycles. The van der Waals surface area contributed by atoms with Gasteiger partial charge in [0.05, 0.1) is 41.5 Å². The minimum atomic E-state index is -4.12. The number of piperazine rings is 1. The molecule has 10 nitrogen and oxygen atoms in total. The Hall–Kier alpha value is -5.18. The third kappa shape index (κ3) is 4.78. The number of ether oxygens (including phenoxy) is 1. The van der Waals surface area contributed by atoms with E-state index in [1.54, 1.807) is 48.7 Å². The fourth-order valence-electron chi connectivity index (χ4n) is 6.87. The maximum absolute atomic E-state index is 14.8. The molecule has 0 aliphatic carbocycles. The lowest BCUT2D eigenvalue weighted by Gasteiger charge is -2.47. The summed E-state index contributed by atoms with van der Waals surface area (Å²) in [6.07, 6.45) is 4.58. The number of hydrogen-bond donors (Lipinski definition) is 0. The predicted molar refractivity (Wildman–Crippen MR) is 175 cm³/mol. The smallest absolute Gasteiger partial charge is 0.266 e. The average Bonchev–Trinajstić information content (AvgIpc) is 3.45. The maximum atomic E-state index is 14.8. The van der Waals surface area contributed by atoms with Crippen LogP contribution in [0, 0.1) is 16.5 Å². The number of aromatic nitrogens is 2. The van der Waals surface area contributed by atoms with E-state index in [9.17, 15) is 18.9 Å². The van der Waals surface area contributed by atoms with Crippen molar-refractivity contribution in [3.05, 3.63) is 125 Å². The number of benzene rings is 3. The number of para-hydroxylation sites is 2. The van der Waals surface area contributed by atoms with Crippen molar-refractivity contribution in [1.82, 2.24) is 9.88 Å². The summed E-state index contributed by atoms with van der Waals surface area (Å²) in [5.41, 5.74) is 2.91. The van der Waals surface area contributed by atoms with Crippen molar-refractivity contribution in [2.45, 2.75) is 17.4 Å².